The molecule has 6 heteroatoms. The average molecular weight is 314 g/mol. The molecule has 0 heterocycles. The summed E-state index contributed by atoms with van der Waals surface area (Å²) in [7, 11) is 0. The number of aromatic carboxylic acids is 1. The van der Waals surface area contributed by atoms with Gasteiger partial charge in [-0.25, -0.2) is 9.59 Å². The zero-order valence-corrected chi connectivity index (χ0v) is 12.2. The molecule has 0 radical (unpaired) electrons. The lowest BCUT2D eigenvalue weighted by atomic mass is 10.1. The Bertz CT molecular complexity index is 791. The van der Waals surface area contributed by atoms with Crippen molar-refractivity contribution >= 4 is 18.0 Å². The number of carboxylic acid groups (broad SMARTS) is 2. The Morgan fingerprint density at radius 3 is 2.35 bits per heavy atom. The van der Waals surface area contributed by atoms with Gasteiger partial charge in [0, 0.05) is 0 Å². The van der Waals surface area contributed by atoms with E-state index in [2.05, 4.69) is 0 Å². The molecule has 23 heavy (non-hydrogen) atoms. The lowest BCUT2D eigenvalue weighted by molar-refractivity contribution is -0.134. The molecular formula is C17H14O6. The molecule has 6 nitrogen and oxygen atoms in total. The van der Waals surface area contributed by atoms with Gasteiger partial charge in [0.25, 0.3) is 0 Å². The van der Waals surface area contributed by atoms with Gasteiger partial charge in [0.2, 0.25) is 5.76 Å². The average Bonchev–Trinajstić information content (AvgIpc) is 2.50. The van der Waals surface area contributed by atoms with Gasteiger partial charge in [0.05, 0.1) is 0 Å². The number of aryl methyl sites for hydroxylation is 1. The third-order valence-corrected chi connectivity index (χ3v) is 3.14. The Kier molecular flexibility index (Phi) is 4.66. The summed E-state index contributed by atoms with van der Waals surface area (Å²) < 4.78 is 5.20. The van der Waals surface area contributed by atoms with Crippen molar-refractivity contribution in [2.45, 2.75) is 6.92 Å². The van der Waals surface area contributed by atoms with Gasteiger partial charge in [-0.05, 0) is 36.3 Å². The number of carboxylic acids is 2. The Balaban J connectivity index is 2.42. The number of phenols is 1. The van der Waals surface area contributed by atoms with Crippen molar-refractivity contribution in [3.8, 4) is 11.5 Å². The molecule has 0 amide bonds. The normalized spacial score (nSPS) is 11.1. The van der Waals surface area contributed by atoms with Crippen LogP contribution < -0.4 is 4.74 Å². The first-order valence-corrected chi connectivity index (χ1v) is 6.64. The number of benzene rings is 2. The first-order chi connectivity index (χ1) is 10.9. The van der Waals surface area contributed by atoms with Gasteiger partial charge in [0.15, 0.2) is 11.5 Å². The SMILES string of the molecule is Cc1ccccc1/C=C(\Oc1cccc(C(=O)O)c1O)C(=O)O. The van der Waals surface area contributed by atoms with Gasteiger partial charge in [-0.2, -0.15) is 0 Å². The van der Waals surface area contributed by atoms with Crippen molar-refractivity contribution in [3.05, 3.63) is 64.9 Å². The fourth-order valence-corrected chi connectivity index (χ4v) is 1.92. The molecular weight excluding hydrogens is 300 g/mol. The molecule has 0 aliphatic carbocycles. The fourth-order valence-electron chi connectivity index (χ4n) is 1.92. The summed E-state index contributed by atoms with van der Waals surface area (Å²) in [5, 5.41) is 28.1. The van der Waals surface area contributed by atoms with E-state index in [1.54, 1.807) is 12.1 Å². The Morgan fingerprint density at radius 1 is 1.04 bits per heavy atom. The van der Waals surface area contributed by atoms with E-state index in [0.717, 1.165) is 5.56 Å². The molecule has 0 unspecified atom stereocenters. The molecule has 0 aromatic heterocycles. The molecule has 2 rings (SSSR count). The van der Waals surface area contributed by atoms with E-state index in [1.165, 1.54) is 24.3 Å². The summed E-state index contributed by atoms with van der Waals surface area (Å²) in [4.78, 5) is 22.3. The van der Waals surface area contributed by atoms with Crippen molar-refractivity contribution in [2.24, 2.45) is 0 Å². The van der Waals surface area contributed by atoms with E-state index in [0.29, 0.717) is 5.56 Å². The van der Waals surface area contributed by atoms with Gasteiger partial charge in [0.1, 0.15) is 5.56 Å². The molecule has 0 fully saturated rings. The lowest BCUT2D eigenvalue weighted by Gasteiger charge is -2.10. The van der Waals surface area contributed by atoms with Gasteiger partial charge >= 0.3 is 11.9 Å². The van der Waals surface area contributed by atoms with Crippen LogP contribution in [0.4, 0.5) is 0 Å². The van der Waals surface area contributed by atoms with Gasteiger partial charge in [-0.3, -0.25) is 0 Å². The quantitative estimate of drug-likeness (QED) is 0.579. The fraction of sp³-hybridized carbons (Fsp3) is 0.0588. The van der Waals surface area contributed by atoms with E-state index < -0.39 is 23.4 Å². The van der Waals surface area contributed by atoms with Crippen molar-refractivity contribution in [3.63, 3.8) is 0 Å². The Labute approximate surface area is 131 Å². The zero-order valence-electron chi connectivity index (χ0n) is 12.2. The van der Waals surface area contributed by atoms with Crippen molar-refractivity contribution < 1.29 is 29.6 Å². The van der Waals surface area contributed by atoms with E-state index in [4.69, 9.17) is 9.84 Å². The second-order valence-corrected chi connectivity index (χ2v) is 4.73. The maximum atomic E-state index is 11.4. The predicted molar refractivity (Wildman–Crippen MR) is 82.5 cm³/mol. The predicted octanol–water partition coefficient (Wildman–Crippen LogP) is 2.90. The van der Waals surface area contributed by atoms with Crippen LogP contribution in [-0.4, -0.2) is 27.3 Å². The Morgan fingerprint density at radius 2 is 1.74 bits per heavy atom. The highest BCUT2D eigenvalue weighted by Crippen LogP contribution is 2.31. The number of aromatic hydroxyl groups is 1. The van der Waals surface area contributed by atoms with Crippen molar-refractivity contribution in [2.75, 3.05) is 0 Å². The van der Waals surface area contributed by atoms with Crippen LogP contribution in [0.2, 0.25) is 0 Å². The molecule has 2 aromatic rings. The monoisotopic (exact) mass is 314 g/mol. The minimum atomic E-state index is -1.34. The molecule has 0 atom stereocenters. The van der Waals surface area contributed by atoms with Crippen LogP contribution in [0.5, 0.6) is 11.5 Å². The molecule has 118 valence electrons. The third kappa shape index (κ3) is 3.68. The lowest BCUT2D eigenvalue weighted by Crippen LogP contribution is -2.08. The summed E-state index contributed by atoms with van der Waals surface area (Å²) in [6.07, 6.45) is 1.31. The maximum Gasteiger partial charge on any atom is 0.371 e. The number of ether oxygens (including phenoxy) is 1. The van der Waals surface area contributed by atoms with E-state index in [-0.39, 0.29) is 11.3 Å². The second kappa shape index (κ2) is 6.65. The van der Waals surface area contributed by atoms with Crippen LogP contribution in [0.25, 0.3) is 6.08 Å². The van der Waals surface area contributed by atoms with Crippen LogP contribution in [0.15, 0.2) is 48.2 Å². The number of aliphatic carboxylic acids is 1. The second-order valence-electron chi connectivity index (χ2n) is 4.73. The third-order valence-electron chi connectivity index (χ3n) is 3.14. The summed E-state index contributed by atoms with van der Waals surface area (Å²) in [5.41, 5.74) is 1.11. The number of hydrogen-bond acceptors (Lipinski definition) is 4. The molecule has 0 bridgehead atoms. The molecule has 0 aliphatic heterocycles. The van der Waals surface area contributed by atoms with E-state index in [9.17, 15) is 19.8 Å². The Hall–Kier alpha value is -3.28. The molecule has 0 saturated carbocycles. The van der Waals surface area contributed by atoms with Crippen LogP contribution in [-0.2, 0) is 4.79 Å². The van der Waals surface area contributed by atoms with Crippen LogP contribution >= 0.6 is 0 Å². The van der Waals surface area contributed by atoms with Crippen LogP contribution in [0, 0.1) is 6.92 Å². The van der Waals surface area contributed by atoms with Crippen LogP contribution in [0.1, 0.15) is 21.5 Å². The van der Waals surface area contributed by atoms with Crippen molar-refractivity contribution in [1.82, 2.24) is 0 Å². The van der Waals surface area contributed by atoms with Gasteiger partial charge < -0.3 is 20.1 Å². The molecule has 0 aliphatic rings. The number of hydrogen-bond donors (Lipinski definition) is 3. The smallest absolute Gasteiger partial charge is 0.371 e. The summed E-state index contributed by atoms with van der Waals surface area (Å²) in [5.74, 6) is -3.98. The maximum absolute atomic E-state index is 11.4. The minimum Gasteiger partial charge on any atom is -0.504 e. The molecule has 0 spiro atoms. The molecule has 2 aromatic carbocycles. The largest absolute Gasteiger partial charge is 0.504 e. The standard InChI is InChI=1S/C17H14O6/c1-10-5-2-3-6-11(10)9-14(17(21)22)23-13-8-4-7-12(15(13)18)16(19)20/h2-9,18H,1H3,(H,19,20)(H,21,22)/b14-9-. The van der Waals surface area contributed by atoms with Crippen LogP contribution in [0.3, 0.4) is 0 Å². The van der Waals surface area contributed by atoms with Crippen molar-refractivity contribution in [1.29, 1.82) is 0 Å². The number of para-hydroxylation sites is 1. The molecule has 0 saturated heterocycles. The summed E-state index contributed by atoms with van der Waals surface area (Å²) in [6, 6.07) is 10.9. The van der Waals surface area contributed by atoms with Gasteiger partial charge in [-0.15, -0.1) is 0 Å². The summed E-state index contributed by atoms with van der Waals surface area (Å²) >= 11 is 0. The number of rotatable bonds is 5. The van der Waals surface area contributed by atoms with Gasteiger partial charge in [-0.1, -0.05) is 30.3 Å². The van der Waals surface area contributed by atoms with E-state index >= 15 is 0 Å². The van der Waals surface area contributed by atoms with E-state index in [1.807, 2.05) is 19.1 Å². The highest BCUT2D eigenvalue weighted by molar-refractivity contribution is 5.93. The zero-order chi connectivity index (χ0) is 17.0. The minimum absolute atomic E-state index is 0.243. The topological polar surface area (TPSA) is 104 Å². The highest BCUT2D eigenvalue weighted by Gasteiger charge is 2.18. The first kappa shape index (κ1) is 16.1. The molecule has 3 N–H and O–H groups in total. The first-order valence-electron chi connectivity index (χ1n) is 6.64. The highest BCUT2D eigenvalue weighted by atomic mass is 16.5. The number of carbonyl (C=O) groups is 2. The summed E-state index contributed by atoms with van der Waals surface area (Å²) in [6.45, 7) is 1.81.